The lowest BCUT2D eigenvalue weighted by molar-refractivity contribution is -0.181. The first kappa shape index (κ1) is 13.1. The average molecular weight is 256 g/mol. The van der Waals surface area contributed by atoms with Crippen molar-refractivity contribution in [3.63, 3.8) is 0 Å². The average Bonchev–Trinajstić information content (AvgIpc) is 2.64. The van der Waals surface area contributed by atoms with E-state index in [-0.39, 0.29) is 5.56 Å². The lowest BCUT2D eigenvalue weighted by Crippen LogP contribution is -2.47. The van der Waals surface area contributed by atoms with E-state index in [2.05, 4.69) is 0 Å². The molecule has 1 saturated heterocycles. The Morgan fingerprint density at radius 1 is 1.39 bits per heavy atom. The molecule has 1 aromatic carbocycles. The third-order valence-corrected chi connectivity index (χ3v) is 2.93. The summed E-state index contributed by atoms with van der Waals surface area (Å²) in [6.07, 6.45) is -5.37. The van der Waals surface area contributed by atoms with E-state index in [1.807, 2.05) is 0 Å². The molecule has 0 radical (unpaired) electrons. The number of aliphatic hydroxyl groups excluding tert-OH is 2. The second-order valence-electron chi connectivity index (χ2n) is 4.12. The van der Waals surface area contributed by atoms with Crippen molar-refractivity contribution >= 4 is 5.78 Å². The molecule has 18 heavy (non-hydrogen) atoms. The molecule has 5 nitrogen and oxygen atoms in total. The van der Waals surface area contributed by atoms with E-state index in [4.69, 9.17) is 9.84 Å². The number of alkyl halides is 1. The highest BCUT2D eigenvalue weighted by atomic mass is 19.1. The number of Topliss-reactive ketones (excluding diaryl/α,β-unsaturated/α-hetero) is 1. The highest BCUT2D eigenvalue weighted by Gasteiger charge is 2.59. The molecule has 0 amide bonds. The van der Waals surface area contributed by atoms with E-state index in [1.54, 1.807) is 18.2 Å². The van der Waals surface area contributed by atoms with E-state index >= 15 is 0 Å². The van der Waals surface area contributed by atoms with Crippen molar-refractivity contribution in [3.05, 3.63) is 35.9 Å². The Morgan fingerprint density at radius 2 is 2.00 bits per heavy atom. The fourth-order valence-electron chi connectivity index (χ4n) is 1.91. The van der Waals surface area contributed by atoms with Gasteiger partial charge in [-0.05, 0) is 0 Å². The fraction of sp³-hybridized carbons (Fsp3) is 0.417. The van der Waals surface area contributed by atoms with Gasteiger partial charge < -0.3 is 20.1 Å². The Bertz CT molecular complexity index is 437. The SMILES string of the molecule is O=C(c1ccccc1)[C@@]1(O)O[C@H](CO)[C@@H](O)[C@@H]1F. The van der Waals surface area contributed by atoms with Crippen molar-refractivity contribution in [1.82, 2.24) is 0 Å². The standard InChI is InChI=1S/C12H13FO5/c13-10-9(15)8(6-14)18-12(10,17)11(16)7-4-2-1-3-5-7/h1-5,8-10,14-15,17H,6H2/t8-,9-,10+,12+/m1/s1. The van der Waals surface area contributed by atoms with Crippen molar-refractivity contribution in [3.8, 4) is 0 Å². The Hall–Kier alpha value is -1.34. The maximum Gasteiger partial charge on any atom is 0.266 e. The molecule has 0 unspecified atom stereocenters. The Balaban J connectivity index is 2.30. The van der Waals surface area contributed by atoms with Crippen LogP contribution in [0.4, 0.5) is 4.39 Å². The van der Waals surface area contributed by atoms with Crippen LogP contribution in [0.3, 0.4) is 0 Å². The number of carbonyl (C=O) groups excluding carboxylic acids is 1. The zero-order valence-corrected chi connectivity index (χ0v) is 9.36. The quantitative estimate of drug-likeness (QED) is 0.643. The van der Waals surface area contributed by atoms with Crippen LogP contribution in [0.2, 0.25) is 0 Å². The Morgan fingerprint density at radius 3 is 2.50 bits per heavy atom. The summed E-state index contributed by atoms with van der Waals surface area (Å²) in [4.78, 5) is 12.0. The number of carbonyl (C=O) groups is 1. The molecule has 0 aliphatic carbocycles. The van der Waals surface area contributed by atoms with Crippen molar-refractivity contribution < 1.29 is 29.2 Å². The van der Waals surface area contributed by atoms with Crippen molar-refractivity contribution in [1.29, 1.82) is 0 Å². The number of hydrogen-bond donors (Lipinski definition) is 3. The predicted octanol–water partition coefficient (Wildman–Crippen LogP) is -0.352. The first-order chi connectivity index (χ1) is 8.50. The van der Waals surface area contributed by atoms with Gasteiger partial charge in [0, 0.05) is 5.56 Å². The normalized spacial score (nSPS) is 35.7. The van der Waals surface area contributed by atoms with Gasteiger partial charge in [-0.1, -0.05) is 30.3 Å². The molecular weight excluding hydrogens is 243 g/mol. The zero-order chi connectivity index (χ0) is 13.3. The molecule has 98 valence electrons. The minimum atomic E-state index is -2.76. The van der Waals surface area contributed by atoms with Gasteiger partial charge in [0.2, 0.25) is 5.78 Å². The van der Waals surface area contributed by atoms with Crippen LogP contribution in [0.15, 0.2) is 30.3 Å². The number of ketones is 1. The molecule has 2 rings (SSSR count). The van der Waals surface area contributed by atoms with Gasteiger partial charge in [0.15, 0.2) is 6.17 Å². The second-order valence-corrected chi connectivity index (χ2v) is 4.12. The molecule has 4 atom stereocenters. The van der Waals surface area contributed by atoms with Gasteiger partial charge >= 0.3 is 0 Å². The van der Waals surface area contributed by atoms with Crippen LogP contribution in [0.25, 0.3) is 0 Å². The Kier molecular flexibility index (Phi) is 3.45. The van der Waals surface area contributed by atoms with E-state index in [0.717, 1.165) is 0 Å². The van der Waals surface area contributed by atoms with E-state index in [9.17, 15) is 19.4 Å². The summed E-state index contributed by atoms with van der Waals surface area (Å²) in [5, 5.41) is 28.2. The number of hydrogen-bond acceptors (Lipinski definition) is 5. The molecule has 6 heteroatoms. The molecule has 0 aromatic heterocycles. The Labute approximate surface area is 102 Å². The van der Waals surface area contributed by atoms with Crippen LogP contribution in [0, 0.1) is 0 Å². The van der Waals surface area contributed by atoms with E-state index in [1.165, 1.54) is 12.1 Å². The van der Waals surface area contributed by atoms with Crippen LogP contribution in [0.1, 0.15) is 10.4 Å². The van der Waals surface area contributed by atoms with Crippen molar-refractivity contribution in [2.45, 2.75) is 24.2 Å². The molecule has 0 bridgehead atoms. The first-order valence-corrected chi connectivity index (χ1v) is 5.43. The molecular formula is C12H13FO5. The second kappa shape index (κ2) is 4.74. The van der Waals surface area contributed by atoms with Crippen LogP contribution >= 0.6 is 0 Å². The number of aliphatic hydroxyl groups is 3. The van der Waals surface area contributed by atoms with Gasteiger partial charge in [-0.2, -0.15) is 0 Å². The molecule has 1 aliphatic heterocycles. The zero-order valence-electron chi connectivity index (χ0n) is 9.36. The summed E-state index contributed by atoms with van der Waals surface area (Å²) in [6, 6.07) is 7.57. The topological polar surface area (TPSA) is 87.0 Å². The van der Waals surface area contributed by atoms with Gasteiger partial charge in [-0.3, -0.25) is 4.79 Å². The number of rotatable bonds is 3. The first-order valence-electron chi connectivity index (χ1n) is 5.43. The van der Waals surface area contributed by atoms with Gasteiger partial charge in [0.1, 0.15) is 12.2 Å². The highest BCUT2D eigenvalue weighted by Crippen LogP contribution is 2.34. The minimum absolute atomic E-state index is 0.0634. The van der Waals surface area contributed by atoms with E-state index in [0.29, 0.717) is 0 Å². The molecule has 0 saturated carbocycles. The van der Waals surface area contributed by atoms with Crippen LogP contribution in [-0.4, -0.2) is 51.9 Å². The van der Waals surface area contributed by atoms with Gasteiger partial charge in [-0.25, -0.2) is 4.39 Å². The van der Waals surface area contributed by atoms with Crippen LogP contribution in [-0.2, 0) is 4.74 Å². The monoisotopic (exact) mass is 256 g/mol. The summed E-state index contributed by atoms with van der Waals surface area (Å²) >= 11 is 0. The maximum absolute atomic E-state index is 13.8. The minimum Gasteiger partial charge on any atom is -0.394 e. The molecule has 3 N–H and O–H groups in total. The summed E-state index contributed by atoms with van der Waals surface area (Å²) in [6.45, 7) is -0.689. The fourth-order valence-corrected chi connectivity index (χ4v) is 1.91. The summed E-state index contributed by atoms with van der Waals surface area (Å²) in [5.41, 5.74) is 0.0634. The van der Waals surface area contributed by atoms with Crippen molar-refractivity contribution in [2.24, 2.45) is 0 Å². The third-order valence-electron chi connectivity index (χ3n) is 2.93. The number of halogens is 1. The molecule has 1 aromatic rings. The lowest BCUT2D eigenvalue weighted by atomic mass is 9.98. The maximum atomic E-state index is 13.8. The van der Waals surface area contributed by atoms with Crippen molar-refractivity contribution in [2.75, 3.05) is 6.61 Å². The number of ether oxygens (including phenoxy) is 1. The predicted molar refractivity (Wildman–Crippen MR) is 58.6 cm³/mol. The highest BCUT2D eigenvalue weighted by molar-refractivity contribution is 6.02. The summed E-state index contributed by atoms with van der Waals surface area (Å²) < 4.78 is 18.6. The molecule has 1 aliphatic rings. The van der Waals surface area contributed by atoms with Crippen LogP contribution < -0.4 is 0 Å². The van der Waals surface area contributed by atoms with E-state index < -0.39 is 36.6 Å². The molecule has 1 fully saturated rings. The molecule has 0 spiro atoms. The van der Waals surface area contributed by atoms with Gasteiger partial charge in [0.25, 0.3) is 5.79 Å². The van der Waals surface area contributed by atoms with Crippen LogP contribution in [0.5, 0.6) is 0 Å². The summed E-state index contributed by atoms with van der Waals surface area (Å²) in [7, 11) is 0. The number of benzene rings is 1. The smallest absolute Gasteiger partial charge is 0.266 e. The lowest BCUT2D eigenvalue weighted by Gasteiger charge is -2.22. The molecule has 1 heterocycles. The largest absolute Gasteiger partial charge is 0.394 e. The third kappa shape index (κ3) is 1.93. The summed E-state index contributed by atoms with van der Waals surface area (Å²) in [5.74, 6) is -3.74. The van der Waals surface area contributed by atoms with Gasteiger partial charge in [-0.15, -0.1) is 0 Å². The van der Waals surface area contributed by atoms with Gasteiger partial charge in [0.05, 0.1) is 6.61 Å².